The highest BCUT2D eigenvalue weighted by Gasteiger charge is 2.19. The Morgan fingerprint density at radius 3 is 2.69 bits per heavy atom. The predicted molar refractivity (Wildman–Crippen MR) is 122 cm³/mol. The van der Waals surface area contributed by atoms with Gasteiger partial charge in [-0.3, -0.25) is 14.2 Å². The lowest BCUT2D eigenvalue weighted by atomic mass is 10.2. The third-order valence-corrected chi connectivity index (χ3v) is 6.31. The van der Waals surface area contributed by atoms with Crippen LogP contribution < -0.4 is 10.9 Å². The van der Waals surface area contributed by atoms with Crippen molar-refractivity contribution in [1.82, 2.24) is 9.55 Å². The fourth-order valence-corrected chi connectivity index (χ4v) is 4.60. The van der Waals surface area contributed by atoms with Crippen LogP contribution in [-0.2, 0) is 9.53 Å². The summed E-state index contributed by atoms with van der Waals surface area (Å²) in [5.41, 5.74) is 0.645. The van der Waals surface area contributed by atoms with Gasteiger partial charge in [0, 0.05) is 0 Å². The number of esters is 1. The molecule has 10 heteroatoms. The van der Waals surface area contributed by atoms with Crippen molar-refractivity contribution in [2.75, 3.05) is 18.2 Å². The fourth-order valence-electron chi connectivity index (χ4n) is 3.03. The van der Waals surface area contributed by atoms with Crippen LogP contribution in [0.5, 0.6) is 0 Å². The fraction of sp³-hybridized carbons (Fsp3) is 0.0909. The number of nitrogens with zero attached hydrogens (tertiary/aromatic N) is 2. The number of thiophene rings is 1. The molecule has 0 saturated heterocycles. The highest BCUT2D eigenvalue weighted by Crippen LogP contribution is 2.25. The molecule has 162 valence electrons. The summed E-state index contributed by atoms with van der Waals surface area (Å²) in [6.45, 7) is 0. The van der Waals surface area contributed by atoms with E-state index in [1.807, 2.05) is 0 Å². The molecule has 0 atom stereocenters. The summed E-state index contributed by atoms with van der Waals surface area (Å²) in [5.74, 6) is -1.70. The number of fused-ring (bicyclic) bond motifs is 1. The van der Waals surface area contributed by atoms with Crippen LogP contribution in [0.25, 0.3) is 15.9 Å². The van der Waals surface area contributed by atoms with Crippen molar-refractivity contribution in [3.63, 3.8) is 0 Å². The van der Waals surface area contributed by atoms with Gasteiger partial charge in [-0.05, 0) is 35.7 Å². The number of benzene rings is 2. The zero-order valence-corrected chi connectivity index (χ0v) is 18.3. The van der Waals surface area contributed by atoms with E-state index in [1.165, 1.54) is 47.3 Å². The number of hydrogen-bond acceptors (Lipinski definition) is 7. The molecule has 0 aliphatic heterocycles. The molecule has 2 aromatic heterocycles. The van der Waals surface area contributed by atoms with Gasteiger partial charge < -0.3 is 10.1 Å². The number of anilines is 1. The third-order valence-electron chi connectivity index (χ3n) is 4.48. The second-order valence-electron chi connectivity index (χ2n) is 6.50. The average Bonchev–Trinajstić information content (AvgIpc) is 3.27. The molecule has 2 aromatic carbocycles. The molecular formula is C22H16FN3O4S2. The van der Waals surface area contributed by atoms with E-state index in [-0.39, 0.29) is 22.2 Å². The molecule has 1 amide bonds. The number of carbonyl (C=O) groups excluding carboxylic acids is 2. The van der Waals surface area contributed by atoms with Crippen molar-refractivity contribution in [1.29, 1.82) is 0 Å². The highest BCUT2D eigenvalue weighted by molar-refractivity contribution is 7.99. The van der Waals surface area contributed by atoms with Gasteiger partial charge in [0.2, 0.25) is 5.91 Å². The van der Waals surface area contributed by atoms with E-state index in [4.69, 9.17) is 4.74 Å². The van der Waals surface area contributed by atoms with Crippen LogP contribution in [0.2, 0.25) is 0 Å². The molecule has 0 fully saturated rings. The maximum Gasteiger partial charge on any atom is 0.339 e. The van der Waals surface area contributed by atoms with Crippen LogP contribution in [0.15, 0.2) is 69.9 Å². The van der Waals surface area contributed by atoms with E-state index in [9.17, 15) is 18.8 Å². The molecule has 0 aliphatic carbocycles. The molecule has 1 N–H and O–H groups in total. The zero-order chi connectivity index (χ0) is 22.7. The van der Waals surface area contributed by atoms with Gasteiger partial charge in [0.05, 0.1) is 35.3 Å². The van der Waals surface area contributed by atoms with Crippen LogP contribution in [0.4, 0.5) is 10.1 Å². The molecule has 2 heterocycles. The van der Waals surface area contributed by atoms with Crippen LogP contribution >= 0.6 is 23.1 Å². The Labute approximate surface area is 189 Å². The molecule has 7 nitrogen and oxygen atoms in total. The number of carbonyl (C=O) groups is 2. The van der Waals surface area contributed by atoms with E-state index in [0.29, 0.717) is 15.9 Å². The van der Waals surface area contributed by atoms with Crippen LogP contribution in [-0.4, -0.2) is 34.3 Å². The van der Waals surface area contributed by atoms with Crippen molar-refractivity contribution >= 4 is 50.9 Å². The Morgan fingerprint density at radius 2 is 1.91 bits per heavy atom. The van der Waals surface area contributed by atoms with Crippen molar-refractivity contribution in [3.05, 3.63) is 81.7 Å². The first-order valence-corrected chi connectivity index (χ1v) is 11.2. The van der Waals surface area contributed by atoms with Crippen LogP contribution in [0.3, 0.4) is 0 Å². The van der Waals surface area contributed by atoms with E-state index in [2.05, 4.69) is 10.3 Å². The predicted octanol–water partition coefficient (Wildman–Crippen LogP) is 4.10. The molecule has 0 unspecified atom stereocenters. The van der Waals surface area contributed by atoms with Gasteiger partial charge in [0.1, 0.15) is 10.5 Å². The number of hydrogen-bond donors (Lipinski definition) is 1. The molecule has 0 radical (unpaired) electrons. The number of nitrogens with one attached hydrogen (secondary N) is 1. The number of aromatic nitrogens is 2. The summed E-state index contributed by atoms with van der Waals surface area (Å²) in [7, 11) is 1.25. The number of methoxy groups -OCH3 is 1. The van der Waals surface area contributed by atoms with Gasteiger partial charge in [-0.15, -0.1) is 11.3 Å². The molecule has 0 aliphatic rings. The molecule has 32 heavy (non-hydrogen) atoms. The monoisotopic (exact) mass is 469 g/mol. The van der Waals surface area contributed by atoms with Gasteiger partial charge in [-0.1, -0.05) is 36.0 Å². The van der Waals surface area contributed by atoms with Gasteiger partial charge in [0.15, 0.2) is 5.16 Å². The molecule has 4 rings (SSSR count). The lowest BCUT2D eigenvalue weighted by molar-refractivity contribution is -0.113. The van der Waals surface area contributed by atoms with Gasteiger partial charge in [-0.2, -0.15) is 0 Å². The number of para-hydroxylation sites is 2. The quantitative estimate of drug-likeness (QED) is 0.260. The summed E-state index contributed by atoms with van der Waals surface area (Å²) >= 11 is 2.21. The van der Waals surface area contributed by atoms with Crippen LogP contribution in [0, 0.1) is 5.82 Å². The first-order valence-electron chi connectivity index (χ1n) is 9.34. The second kappa shape index (κ2) is 9.33. The Kier molecular flexibility index (Phi) is 6.33. The molecular weight excluding hydrogens is 453 g/mol. The molecule has 4 aromatic rings. The Morgan fingerprint density at radius 1 is 1.16 bits per heavy atom. The minimum atomic E-state index is -0.578. The zero-order valence-electron chi connectivity index (χ0n) is 16.7. The Balaban J connectivity index is 1.64. The number of ether oxygens (including phenoxy) is 1. The highest BCUT2D eigenvalue weighted by atomic mass is 32.2. The summed E-state index contributed by atoms with van der Waals surface area (Å²) in [6, 6.07) is 14.0. The number of thioether (sulfide) groups is 1. The van der Waals surface area contributed by atoms with Crippen molar-refractivity contribution in [2.24, 2.45) is 0 Å². The number of amides is 1. The van der Waals surface area contributed by atoms with E-state index < -0.39 is 23.3 Å². The Hall–Kier alpha value is -3.50. The summed E-state index contributed by atoms with van der Waals surface area (Å²) in [5, 5.41) is 4.58. The van der Waals surface area contributed by atoms with E-state index >= 15 is 0 Å². The normalized spacial score (nSPS) is 10.8. The lowest BCUT2D eigenvalue weighted by Gasteiger charge is -2.13. The summed E-state index contributed by atoms with van der Waals surface area (Å²) in [6.07, 6.45) is 0. The molecule has 0 saturated carbocycles. The van der Waals surface area contributed by atoms with Crippen LogP contribution in [0.1, 0.15) is 10.4 Å². The molecule has 0 bridgehead atoms. The minimum absolute atomic E-state index is 0.0549. The average molecular weight is 470 g/mol. The van der Waals surface area contributed by atoms with Gasteiger partial charge >= 0.3 is 5.97 Å². The lowest BCUT2D eigenvalue weighted by Crippen LogP contribution is -2.23. The smallest absolute Gasteiger partial charge is 0.339 e. The maximum absolute atomic E-state index is 14.5. The van der Waals surface area contributed by atoms with Crippen molar-refractivity contribution in [3.8, 4) is 5.69 Å². The van der Waals surface area contributed by atoms with Crippen molar-refractivity contribution < 1.29 is 18.7 Å². The molecule has 0 spiro atoms. The summed E-state index contributed by atoms with van der Waals surface area (Å²) in [4.78, 5) is 42.0. The minimum Gasteiger partial charge on any atom is -0.465 e. The van der Waals surface area contributed by atoms with Gasteiger partial charge in [-0.25, -0.2) is 14.2 Å². The first-order chi connectivity index (χ1) is 15.5. The van der Waals surface area contributed by atoms with E-state index in [1.54, 1.807) is 35.7 Å². The maximum atomic E-state index is 14.5. The topological polar surface area (TPSA) is 90.3 Å². The van der Waals surface area contributed by atoms with Gasteiger partial charge in [0.25, 0.3) is 5.56 Å². The Bertz CT molecular complexity index is 1380. The van der Waals surface area contributed by atoms with E-state index in [0.717, 1.165) is 11.8 Å². The number of halogens is 1. The second-order valence-corrected chi connectivity index (χ2v) is 8.35. The summed E-state index contributed by atoms with van der Waals surface area (Å²) < 4.78 is 20.8. The standard InChI is InChI=1S/C22H16FN3O4S2/c1-30-21(29)13-6-2-4-8-15(13)24-18(27)12-32-22-25-16-10-11-31-19(16)20(28)26(22)17-9-5-3-7-14(17)23/h2-11H,12H2,1H3,(H,24,27). The SMILES string of the molecule is COC(=O)c1ccccc1NC(=O)CSc1nc2ccsc2c(=O)n1-c1ccccc1F. The largest absolute Gasteiger partial charge is 0.465 e. The number of rotatable bonds is 6. The third kappa shape index (κ3) is 4.27. The van der Waals surface area contributed by atoms with Crippen molar-refractivity contribution in [2.45, 2.75) is 5.16 Å². The first kappa shape index (κ1) is 21.7.